The van der Waals surface area contributed by atoms with Crippen LogP contribution in [0.4, 0.5) is 5.69 Å². The molecule has 1 aliphatic heterocycles. The van der Waals surface area contributed by atoms with Crippen LogP contribution in [0, 0.1) is 5.41 Å². The van der Waals surface area contributed by atoms with Gasteiger partial charge in [0.05, 0.1) is 0 Å². The van der Waals surface area contributed by atoms with Gasteiger partial charge < -0.3 is 5.73 Å². The number of anilines is 1. The van der Waals surface area contributed by atoms with E-state index in [1.165, 1.54) is 44.3 Å². The minimum Gasteiger partial charge on any atom is -0.398 e. The zero-order valence-corrected chi connectivity index (χ0v) is 13.7. The standard InChI is InChI=1S/C16H25BrN2/c1-3-16(4-2)7-9-19(10-8-16)12-13-5-6-14(17)15(18)11-13/h5-6,11H,3-4,7-10,12,18H2,1-2H3. The zero-order chi connectivity index (χ0) is 13.9. The van der Waals surface area contributed by atoms with Gasteiger partial charge in [-0.1, -0.05) is 32.8 Å². The number of rotatable bonds is 4. The molecule has 0 aromatic heterocycles. The number of nitrogen functional groups attached to an aromatic ring is 1. The van der Waals surface area contributed by atoms with Gasteiger partial charge in [-0.3, -0.25) is 4.90 Å². The minimum absolute atomic E-state index is 0.606. The Morgan fingerprint density at radius 3 is 2.37 bits per heavy atom. The van der Waals surface area contributed by atoms with Gasteiger partial charge in [0.1, 0.15) is 0 Å². The summed E-state index contributed by atoms with van der Waals surface area (Å²) >= 11 is 3.45. The van der Waals surface area contributed by atoms with Crippen LogP contribution in [-0.4, -0.2) is 18.0 Å². The van der Waals surface area contributed by atoms with Gasteiger partial charge in [-0.25, -0.2) is 0 Å². The Kier molecular flexibility index (Phi) is 4.91. The number of likely N-dealkylation sites (tertiary alicyclic amines) is 1. The molecule has 1 aromatic carbocycles. The molecule has 3 heteroatoms. The minimum atomic E-state index is 0.606. The van der Waals surface area contributed by atoms with Crippen LogP contribution in [0.1, 0.15) is 45.1 Å². The molecule has 1 aromatic rings. The van der Waals surface area contributed by atoms with E-state index in [0.717, 1.165) is 16.7 Å². The van der Waals surface area contributed by atoms with Gasteiger partial charge in [0.2, 0.25) is 0 Å². The molecule has 2 nitrogen and oxygen atoms in total. The van der Waals surface area contributed by atoms with E-state index in [4.69, 9.17) is 5.73 Å². The molecule has 1 heterocycles. The maximum Gasteiger partial charge on any atom is 0.0461 e. The highest BCUT2D eigenvalue weighted by Gasteiger charge is 2.30. The van der Waals surface area contributed by atoms with Gasteiger partial charge in [0.15, 0.2) is 0 Å². The molecule has 0 aliphatic carbocycles. The first kappa shape index (κ1) is 14.9. The largest absolute Gasteiger partial charge is 0.398 e. The van der Waals surface area contributed by atoms with Crippen LogP contribution in [0.15, 0.2) is 22.7 Å². The third kappa shape index (κ3) is 3.51. The summed E-state index contributed by atoms with van der Waals surface area (Å²) in [5.41, 5.74) is 8.71. The van der Waals surface area contributed by atoms with Crippen LogP contribution >= 0.6 is 15.9 Å². The van der Waals surface area contributed by atoms with Crippen LogP contribution in [0.25, 0.3) is 0 Å². The lowest BCUT2D eigenvalue weighted by molar-refractivity contribution is 0.0909. The fraction of sp³-hybridized carbons (Fsp3) is 0.625. The maximum absolute atomic E-state index is 5.95. The van der Waals surface area contributed by atoms with E-state index in [1.54, 1.807) is 0 Å². The van der Waals surface area contributed by atoms with Crippen molar-refractivity contribution in [2.75, 3.05) is 18.8 Å². The van der Waals surface area contributed by atoms with Crippen molar-refractivity contribution in [3.8, 4) is 0 Å². The number of halogens is 1. The van der Waals surface area contributed by atoms with E-state index in [9.17, 15) is 0 Å². The Hall–Kier alpha value is -0.540. The Balaban J connectivity index is 1.93. The predicted molar refractivity (Wildman–Crippen MR) is 86.1 cm³/mol. The van der Waals surface area contributed by atoms with Crippen molar-refractivity contribution in [3.63, 3.8) is 0 Å². The molecule has 2 rings (SSSR count). The third-order valence-electron chi connectivity index (χ3n) is 4.88. The number of hydrogen-bond donors (Lipinski definition) is 1. The van der Waals surface area contributed by atoms with Crippen molar-refractivity contribution in [2.45, 2.75) is 46.1 Å². The van der Waals surface area contributed by atoms with Crippen molar-refractivity contribution in [1.29, 1.82) is 0 Å². The van der Waals surface area contributed by atoms with E-state index < -0.39 is 0 Å². The summed E-state index contributed by atoms with van der Waals surface area (Å²) in [5.74, 6) is 0. The molecule has 0 radical (unpaired) electrons. The second kappa shape index (κ2) is 6.27. The average molecular weight is 325 g/mol. The first-order valence-corrected chi connectivity index (χ1v) is 8.14. The first-order valence-electron chi connectivity index (χ1n) is 7.35. The SMILES string of the molecule is CCC1(CC)CCN(Cc2ccc(Br)c(N)c2)CC1. The number of piperidine rings is 1. The number of hydrogen-bond acceptors (Lipinski definition) is 2. The van der Waals surface area contributed by atoms with Crippen molar-refractivity contribution in [1.82, 2.24) is 4.90 Å². The average Bonchev–Trinajstić information content (AvgIpc) is 2.44. The van der Waals surface area contributed by atoms with Gasteiger partial charge in [-0.05, 0) is 65.0 Å². The van der Waals surface area contributed by atoms with Crippen molar-refractivity contribution < 1.29 is 0 Å². The van der Waals surface area contributed by atoms with Crippen LogP contribution in [0.2, 0.25) is 0 Å². The van der Waals surface area contributed by atoms with Gasteiger partial charge in [-0.15, -0.1) is 0 Å². The molecular weight excluding hydrogens is 300 g/mol. The van der Waals surface area contributed by atoms with E-state index >= 15 is 0 Å². The topological polar surface area (TPSA) is 29.3 Å². The first-order chi connectivity index (χ1) is 9.08. The number of benzene rings is 1. The summed E-state index contributed by atoms with van der Waals surface area (Å²) in [6.45, 7) is 8.15. The molecule has 2 N–H and O–H groups in total. The number of nitrogens with two attached hydrogens (primary N) is 1. The normalized spacial score (nSPS) is 19.5. The summed E-state index contributed by atoms with van der Waals surface area (Å²) in [6.07, 6.45) is 5.32. The zero-order valence-electron chi connectivity index (χ0n) is 12.1. The molecule has 106 valence electrons. The third-order valence-corrected chi connectivity index (χ3v) is 5.61. The van der Waals surface area contributed by atoms with Crippen molar-refractivity contribution in [2.24, 2.45) is 5.41 Å². The van der Waals surface area contributed by atoms with E-state index in [1.807, 2.05) is 0 Å². The lowest BCUT2D eigenvalue weighted by Crippen LogP contribution is -2.39. The monoisotopic (exact) mass is 324 g/mol. The molecule has 0 amide bonds. The summed E-state index contributed by atoms with van der Waals surface area (Å²) in [5, 5.41) is 0. The Bertz CT molecular complexity index is 417. The lowest BCUT2D eigenvalue weighted by atomic mass is 9.74. The Morgan fingerprint density at radius 1 is 1.21 bits per heavy atom. The van der Waals surface area contributed by atoms with Gasteiger partial charge in [0.25, 0.3) is 0 Å². The summed E-state index contributed by atoms with van der Waals surface area (Å²) in [7, 11) is 0. The highest BCUT2D eigenvalue weighted by Crippen LogP contribution is 2.38. The summed E-state index contributed by atoms with van der Waals surface area (Å²) in [6, 6.07) is 6.31. The Labute approximate surface area is 125 Å². The molecule has 0 unspecified atom stereocenters. The van der Waals surface area contributed by atoms with E-state index in [-0.39, 0.29) is 0 Å². The fourth-order valence-corrected chi connectivity index (χ4v) is 3.34. The van der Waals surface area contributed by atoms with Crippen molar-refractivity contribution in [3.05, 3.63) is 28.2 Å². The van der Waals surface area contributed by atoms with E-state index in [0.29, 0.717) is 5.41 Å². The maximum atomic E-state index is 5.95. The van der Waals surface area contributed by atoms with Crippen LogP contribution in [0.3, 0.4) is 0 Å². The van der Waals surface area contributed by atoms with E-state index in [2.05, 4.69) is 52.9 Å². The molecular formula is C16H25BrN2. The van der Waals surface area contributed by atoms with Gasteiger partial charge in [-0.2, -0.15) is 0 Å². The fourth-order valence-electron chi connectivity index (χ4n) is 3.09. The smallest absolute Gasteiger partial charge is 0.0461 e. The molecule has 0 bridgehead atoms. The van der Waals surface area contributed by atoms with Gasteiger partial charge >= 0.3 is 0 Å². The van der Waals surface area contributed by atoms with Crippen LogP contribution in [-0.2, 0) is 6.54 Å². The molecule has 0 spiro atoms. The highest BCUT2D eigenvalue weighted by molar-refractivity contribution is 9.10. The second-order valence-corrected chi connectivity index (χ2v) is 6.69. The molecule has 1 fully saturated rings. The molecule has 0 saturated carbocycles. The highest BCUT2D eigenvalue weighted by atomic mass is 79.9. The van der Waals surface area contributed by atoms with Crippen LogP contribution < -0.4 is 5.73 Å². The molecule has 0 atom stereocenters. The number of nitrogens with zero attached hydrogens (tertiary/aromatic N) is 1. The quantitative estimate of drug-likeness (QED) is 0.830. The summed E-state index contributed by atoms with van der Waals surface area (Å²) < 4.78 is 0.992. The Morgan fingerprint density at radius 2 is 1.84 bits per heavy atom. The molecule has 1 saturated heterocycles. The molecule has 1 aliphatic rings. The second-order valence-electron chi connectivity index (χ2n) is 5.84. The molecule has 19 heavy (non-hydrogen) atoms. The van der Waals surface area contributed by atoms with Crippen molar-refractivity contribution >= 4 is 21.6 Å². The van der Waals surface area contributed by atoms with Gasteiger partial charge in [0, 0.05) is 16.7 Å². The predicted octanol–water partition coefficient (Wildman–Crippen LogP) is 4.43. The lowest BCUT2D eigenvalue weighted by Gasteiger charge is -2.41. The summed E-state index contributed by atoms with van der Waals surface area (Å²) in [4.78, 5) is 2.56. The van der Waals surface area contributed by atoms with Crippen LogP contribution in [0.5, 0.6) is 0 Å².